The van der Waals surface area contributed by atoms with Crippen molar-refractivity contribution < 1.29 is 4.52 Å². The monoisotopic (exact) mass is 253 g/mol. The van der Waals surface area contributed by atoms with Gasteiger partial charge < -0.3 is 15.2 Å². The second kappa shape index (κ2) is 5.77. The fourth-order valence-electron chi connectivity index (χ4n) is 2.15. The minimum atomic E-state index is 0.170. The van der Waals surface area contributed by atoms with Crippen LogP contribution in [0.5, 0.6) is 0 Å². The maximum absolute atomic E-state index is 5.73. The SMILES string of the molecule is CC(N)CCc1nc(C2CN(C)CCN2C)no1. The van der Waals surface area contributed by atoms with E-state index in [1.165, 1.54) is 0 Å². The van der Waals surface area contributed by atoms with Gasteiger partial charge in [-0.1, -0.05) is 5.16 Å². The molecule has 2 N–H and O–H groups in total. The average Bonchev–Trinajstić information content (AvgIpc) is 2.78. The van der Waals surface area contributed by atoms with Gasteiger partial charge in [-0.25, -0.2) is 0 Å². The van der Waals surface area contributed by atoms with Gasteiger partial charge >= 0.3 is 0 Å². The van der Waals surface area contributed by atoms with Crippen LogP contribution in [0.1, 0.15) is 31.1 Å². The average molecular weight is 253 g/mol. The van der Waals surface area contributed by atoms with Crippen molar-refractivity contribution in [2.24, 2.45) is 5.73 Å². The largest absolute Gasteiger partial charge is 0.339 e. The normalized spacial score (nSPS) is 24.3. The van der Waals surface area contributed by atoms with E-state index in [-0.39, 0.29) is 12.1 Å². The summed E-state index contributed by atoms with van der Waals surface area (Å²) in [5, 5.41) is 4.11. The summed E-state index contributed by atoms with van der Waals surface area (Å²) >= 11 is 0. The highest BCUT2D eigenvalue weighted by atomic mass is 16.5. The van der Waals surface area contributed by atoms with E-state index in [2.05, 4.69) is 34.0 Å². The first-order valence-electron chi connectivity index (χ1n) is 6.53. The van der Waals surface area contributed by atoms with Gasteiger partial charge in [-0.3, -0.25) is 4.90 Å². The predicted octanol–water partition coefficient (Wildman–Crippen LogP) is 0.268. The molecule has 2 atom stereocenters. The standard InChI is InChI=1S/C12H23N5O/c1-9(13)4-5-11-14-12(15-18-11)10-8-16(2)6-7-17(10)3/h9-10H,4-8,13H2,1-3H3. The number of piperazine rings is 1. The van der Waals surface area contributed by atoms with Crippen molar-refractivity contribution in [3.8, 4) is 0 Å². The molecule has 1 aliphatic heterocycles. The van der Waals surface area contributed by atoms with Gasteiger partial charge in [0.15, 0.2) is 5.82 Å². The number of nitrogens with two attached hydrogens (primary N) is 1. The van der Waals surface area contributed by atoms with Crippen LogP contribution >= 0.6 is 0 Å². The molecule has 1 aliphatic rings. The summed E-state index contributed by atoms with van der Waals surface area (Å²) in [4.78, 5) is 9.06. The third-order valence-corrected chi connectivity index (χ3v) is 3.45. The van der Waals surface area contributed by atoms with Gasteiger partial charge in [0.1, 0.15) is 0 Å². The van der Waals surface area contributed by atoms with Crippen LogP contribution in [0.25, 0.3) is 0 Å². The zero-order valence-electron chi connectivity index (χ0n) is 11.5. The first-order chi connectivity index (χ1) is 8.56. The maximum Gasteiger partial charge on any atom is 0.226 e. The molecule has 0 amide bonds. The maximum atomic E-state index is 5.73. The highest BCUT2D eigenvalue weighted by Gasteiger charge is 2.27. The number of likely N-dealkylation sites (N-methyl/N-ethyl adjacent to an activating group) is 2. The Hall–Kier alpha value is -0.980. The smallest absolute Gasteiger partial charge is 0.226 e. The molecule has 0 spiro atoms. The number of hydrogen-bond acceptors (Lipinski definition) is 6. The Bertz CT molecular complexity index is 378. The van der Waals surface area contributed by atoms with Crippen LogP contribution in [-0.4, -0.2) is 59.7 Å². The second-order valence-electron chi connectivity index (χ2n) is 5.32. The summed E-state index contributed by atoms with van der Waals surface area (Å²) in [7, 11) is 4.23. The van der Waals surface area contributed by atoms with E-state index in [1.54, 1.807) is 0 Å². The van der Waals surface area contributed by atoms with E-state index in [0.29, 0.717) is 5.89 Å². The summed E-state index contributed by atoms with van der Waals surface area (Å²) in [6.07, 6.45) is 1.64. The fraction of sp³-hybridized carbons (Fsp3) is 0.833. The molecule has 0 bridgehead atoms. The van der Waals surface area contributed by atoms with Crippen molar-refractivity contribution in [1.82, 2.24) is 19.9 Å². The van der Waals surface area contributed by atoms with Crippen molar-refractivity contribution in [2.75, 3.05) is 33.7 Å². The van der Waals surface area contributed by atoms with Crippen LogP contribution < -0.4 is 5.73 Å². The summed E-state index contributed by atoms with van der Waals surface area (Å²) in [6.45, 7) is 5.05. The van der Waals surface area contributed by atoms with Gasteiger partial charge in [0, 0.05) is 32.1 Å². The van der Waals surface area contributed by atoms with Gasteiger partial charge in [0.05, 0.1) is 6.04 Å². The first kappa shape index (κ1) is 13.5. The lowest BCUT2D eigenvalue weighted by Crippen LogP contribution is -2.45. The Kier molecular flexibility index (Phi) is 4.31. The summed E-state index contributed by atoms with van der Waals surface area (Å²) in [5.41, 5.74) is 5.73. The third-order valence-electron chi connectivity index (χ3n) is 3.45. The Labute approximate surface area is 108 Å². The molecule has 0 radical (unpaired) electrons. The fourth-order valence-corrected chi connectivity index (χ4v) is 2.15. The minimum absolute atomic E-state index is 0.170. The Morgan fingerprint density at radius 2 is 2.22 bits per heavy atom. The number of hydrogen-bond donors (Lipinski definition) is 1. The Balaban J connectivity index is 1.99. The van der Waals surface area contributed by atoms with Crippen LogP contribution in [0, 0.1) is 0 Å². The van der Waals surface area contributed by atoms with Gasteiger partial charge in [0.2, 0.25) is 5.89 Å². The summed E-state index contributed by atoms with van der Waals surface area (Å²) < 4.78 is 5.29. The van der Waals surface area contributed by atoms with Crippen molar-refractivity contribution >= 4 is 0 Å². The van der Waals surface area contributed by atoms with Crippen LogP contribution in [0.15, 0.2) is 4.52 Å². The molecule has 2 heterocycles. The summed E-state index contributed by atoms with van der Waals surface area (Å²) in [6, 6.07) is 0.403. The van der Waals surface area contributed by atoms with E-state index in [9.17, 15) is 0 Å². The highest BCUT2D eigenvalue weighted by molar-refractivity contribution is 4.98. The first-order valence-corrected chi connectivity index (χ1v) is 6.53. The van der Waals surface area contributed by atoms with Crippen molar-refractivity contribution in [1.29, 1.82) is 0 Å². The van der Waals surface area contributed by atoms with Gasteiger partial charge in [-0.2, -0.15) is 4.98 Å². The van der Waals surface area contributed by atoms with Crippen LogP contribution in [0.2, 0.25) is 0 Å². The number of aryl methyl sites for hydroxylation is 1. The zero-order chi connectivity index (χ0) is 13.1. The molecular formula is C12H23N5O. The van der Waals surface area contributed by atoms with E-state index in [0.717, 1.165) is 38.3 Å². The molecule has 6 heteroatoms. The molecule has 2 rings (SSSR count). The van der Waals surface area contributed by atoms with Gasteiger partial charge in [-0.15, -0.1) is 0 Å². The van der Waals surface area contributed by atoms with E-state index in [4.69, 9.17) is 10.3 Å². The van der Waals surface area contributed by atoms with E-state index in [1.807, 2.05) is 6.92 Å². The van der Waals surface area contributed by atoms with Gasteiger partial charge in [0.25, 0.3) is 0 Å². The van der Waals surface area contributed by atoms with Crippen molar-refractivity contribution in [2.45, 2.75) is 31.8 Å². The number of nitrogens with zero attached hydrogens (tertiary/aromatic N) is 4. The molecule has 1 aromatic rings. The Morgan fingerprint density at radius 1 is 1.44 bits per heavy atom. The van der Waals surface area contributed by atoms with E-state index >= 15 is 0 Å². The molecule has 18 heavy (non-hydrogen) atoms. The molecule has 102 valence electrons. The quantitative estimate of drug-likeness (QED) is 0.830. The summed E-state index contributed by atoms with van der Waals surface area (Å²) in [5.74, 6) is 1.49. The molecule has 1 aromatic heterocycles. The van der Waals surface area contributed by atoms with Crippen molar-refractivity contribution in [3.63, 3.8) is 0 Å². The second-order valence-corrected chi connectivity index (χ2v) is 5.32. The van der Waals surface area contributed by atoms with Crippen molar-refractivity contribution in [3.05, 3.63) is 11.7 Å². The highest BCUT2D eigenvalue weighted by Crippen LogP contribution is 2.21. The van der Waals surface area contributed by atoms with E-state index < -0.39 is 0 Å². The molecule has 0 saturated carbocycles. The van der Waals surface area contributed by atoms with Crippen LogP contribution in [0.4, 0.5) is 0 Å². The molecule has 0 aromatic carbocycles. The van der Waals surface area contributed by atoms with Crippen LogP contribution in [-0.2, 0) is 6.42 Å². The third kappa shape index (κ3) is 3.28. The molecule has 6 nitrogen and oxygen atoms in total. The van der Waals surface area contributed by atoms with Gasteiger partial charge in [-0.05, 0) is 27.4 Å². The molecule has 1 fully saturated rings. The zero-order valence-corrected chi connectivity index (χ0v) is 11.5. The number of rotatable bonds is 4. The molecule has 1 saturated heterocycles. The molecule has 2 unspecified atom stereocenters. The minimum Gasteiger partial charge on any atom is -0.339 e. The number of aromatic nitrogens is 2. The lowest BCUT2D eigenvalue weighted by Gasteiger charge is -2.35. The molecular weight excluding hydrogens is 230 g/mol. The lowest BCUT2D eigenvalue weighted by molar-refractivity contribution is 0.108. The Morgan fingerprint density at radius 3 is 2.94 bits per heavy atom. The topological polar surface area (TPSA) is 71.4 Å². The lowest BCUT2D eigenvalue weighted by atomic mass is 10.1. The van der Waals surface area contributed by atoms with Crippen LogP contribution in [0.3, 0.4) is 0 Å². The predicted molar refractivity (Wildman–Crippen MR) is 69.1 cm³/mol. The molecule has 0 aliphatic carbocycles.